The first kappa shape index (κ1) is 13.0. The van der Waals surface area contributed by atoms with Crippen molar-refractivity contribution in [3.63, 3.8) is 0 Å². The van der Waals surface area contributed by atoms with Crippen molar-refractivity contribution in [3.05, 3.63) is 35.6 Å². The van der Waals surface area contributed by atoms with Gasteiger partial charge in [-0.1, -0.05) is 25.5 Å². The first-order chi connectivity index (χ1) is 7.63. The van der Waals surface area contributed by atoms with Gasteiger partial charge in [-0.25, -0.2) is 4.39 Å². The summed E-state index contributed by atoms with van der Waals surface area (Å²) < 4.78 is 24.3. The average Bonchev–Trinajstić information content (AvgIpc) is 2.26. The summed E-state index contributed by atoms with van der Waals surface area (Å²) in [5.41, 5.74) is 0.296. The third kappa shape index (κ3) is 4.23. The number of hydrogen-bond donors (Lipinski definition) is 0. The van der Waals surface area contributed by atoms with Crippen LogP contribution in [-0.4, -0.2) is 21.5 Å². The molecule has 0 heterocycles. The Labute approximate surface area is 97.3 Å². The van der Waals surface area contributed by atoms with Crippen molar-refractivity contribution in [1.82, 2.24) is 0 Å². The highest BCUT2D eigenvalue weighted by Crippen LogP contribution is 2.05. The van der Waals surface area contributed by atoms with Crippen molar-refractivity contribution in [1.29, 1.82) is 0 Å². The first-order valence-electron chi connectivity index (χ1n) is 5.27. The molecule has 0 saturated carbocycles. The number of hydrogen-bond acceptors (Lipinski definition) is 2. The molecule has 1 unspecified atom stereocenters. The second-order valence-corrected chi connectivity index (χ2v) is 5.15. The van der Waals surface area contributed by atoms with Crippen LogP contribution in [0.2, 0.25) is 0 Å². The molecule has 0 radical (unpaired) electrons. The fraction of sp³-hybridized carbons (Fsp3) is 0.417. The molecule has 1 atom stereocenters. The van der Waals surface area contributed by atoms with Crippen molar-refractivity contribution >= 4 is 16.6 Å². The number of ketones is 1. The van der Waals surface area contributed by atoms with Crippen LogP contribution in [0.5, 0.6) is 0 Å². The molecule has 0 fully saturated rings. The quantitative estimate of drug-likeness (QED) is 0.718. The Hall–Kier alpha value is -1.03. The normalized spacial score (nSPS) is 12.4. The molecule has 0 bridgehead atoms. The Morgan fingerprint density at radius 2 is 2.19 bits per heavy atom. The molecule has 88 valence electrons. The van der Waals surface area contributed by atoms with E-state index in [1.807, 2.05) is 6.92 Å². The lowest BCUT2D eigenvalue weighted by Gasteiger charge is -2.01. The molecule has 0 aliphatic carbocycles. The molecule has 0 aliphatic rings. The molecule has 1 aromatic rings. The Bertz CT molecular complexity index is 390. The molecule has 0 aliphatic heterocycles. The van der Waals surface area contributed by atoms with Crippen LogP contribution in [0.15, 0.2) is 24.3 Å². The Balaban J connectivity index is 2.55. The second-order valence-electron chi connectivity index (χ2n) is 3.58. The van der Waals surface area contributed by atoms with Gasteiger partial charge in [-0.15, -0.1) is 0 Å². The maximum absolute atomic E-state index is 12.8. The molecule has 0 aromatic heterocycles. The van der Waals surface area contributed by atoms with Crippen LogP contribution in [0.4, 0.5) is 4.39 Å². The summed E-state index contributed by atoms with van der Waals surface area (Å²) >= 11 is 0. The van der Waals surface area contributed by atoms with E-state index in [4.69, 9.17) is 0 Å². The van der Waals surface area contributed by atoms with Crippen LogP contribution in [0.25, 0.3) is 0 Å². The number of carbonyl (C=O) groups excluding carboxylic acids is 1. The first-order valence-corrected chi connectivity index (χ1v) is 6.76. The van der Waals surface area contributed by atoms with E-state index in [0.29, 0.717) is 11.3 Å². The summed E-state index contributed by atoms with van der Waals surface area (Å²) in [5.74, 6) is -0.166. The highest BCUT2D eigenvalue weighted by molar-refractivity contribution is 7.85. The molecule has 0 amide bonds. The van der Waals surface area contributed by atoms with E-state index in [1.54, 1.807) is 6.07 Å². The number of carbonyl (C=O) groups is 1. The minimum atomic E-state index is -1.13. The Morgan fingerprint density at radius 3 is 2.81 bits per heavy atom. The summed E-state index contributed by atoms with van der Waals surface area (Å²) in [5, 5.41) is 0. The van der Waals surface area contributed by atoms with Crippen LogP contribution in [0, 0.1) is 5.82 Å². The highest BCUT2D eigenvalue weighted by Gasteiger charge is 2.10. The molecule has 16 heavy (non-hydrogen) atoms. The number of benzene rings is 1. The van der Waals surface area contributed by atoms with Gasteiger partial charge >= 0.3 is 0 Å². The predicted octanol–water partition coefficient (Wildman–Crippen LogP) is 2.56. The van der Waals surface area contributed by atoms with Crippen LogP contribution in [-0.2, 0) is 10.8 Å². The van der Waals surface area contributed by atoms with Gasteiger partial charge in [0.05, 0.1) is 5.75 Å². The van der Waals surface area contributed by atoms with E-state index in [2.05, 4.69) is 0 Å². The van der Waals surface area contributed by atoms with E-state index in [1.165, 1.54) is 18.2 Å². The van der Waals surface area contributed by atoms with Gasteiger partial charge in [0.15, 0.2) is 5.78 Å². The zero-order chi connectivity index (χ0) is 12.0. The van der Waals surface area contributed by atoms with Crippen molar-refractivity contribution in [2.75, 3.05) is 11.5 Å². The number of unbranched alkanes of at least 4 members (excludes halogenated alkanes) is 1. The van der Waals surface area contributed by atoms with Gasteiger partial charge in [0.25, 0.3) is 0 Å². The summed E-state index contributed by atoms with van der Waals surface area (Å²) in [6, 6.07) is 5.49. The van der Waals surface area contributed by atoms with Gasteiger partial charge < -0.3 is 0 Å². The van der Waals surface area contributed by atoms with E-state index in [-0.39, 0.29) is 11.5 Å². The SMILES string of the molecule is CCCCS(=O)CC(=O)c1cccc(F)c1. The molecule has 0 saturated heterocycles. The van der Waals surface area contributed by atoms with E-state index in [0.717, 1.165) is 12.8 Å². The molecule has 0 N–H and O–H groups in total. The highest BCUT2D eigenvalue weighted by atomic mass is 32.2. The minimum absolute atomic E-state index is 0.0105. The van der Waals surface area contributed by atoms with Gasteiger partial charge in [0.1, 0.15) is 5.82 Å². The van der Waals surface area contributed by atoms with Gasteiger partial charge in [-0.2, -0.15) is 0 Å². The van der Waals surface area contributed by atoms with Crippen molar-refractivity contribution in [3.8, 4) is 0 Å². The third-order valence-corrected chi connectivity index (χ3v) is 3.49. The smallest absolute Gasteiger partial charge is 0.175 e. The molecule has 1 aromatic carbocycles. The van der Waals surface area contributed by atoms with E-state index < -0.39 is 16.6 Å². The Kier molecular flexibility index (Phi) is 5.32. The molecular formula is C12H15FO2S. The largest absolute Gasteiger partial charge is 0.293 e. The monoisotopic (exact) mass is 242 g/mol. The lowest BCUT2D eigenvalue weighted by Crippen LogP contribution is -2.13. The summed E-state index contributed by atoms with van der Waals surface area (Å²) in [7, 11) is -1.13. The maximum atomic E-state index is 12.8. The van der Waals surface area contributed by atoms with E-state index in [9.17, 15) is 13.4 Å². The number of Topliss-reactive ketones (excluding diaryl/α,β-unsaturated/α-hetero) is 1. The minimum Gasteiger partial charge on any atom is -0.293 e. The van der Waals surface area contributed by atoms with E-state index >= 15 is 0 Å². The van der Waals surface area contributed by atoms with Crippen LogP contribution in [0.3, 0.4) is 0 Å². The van der Waals surface area contributed by atoms with Gasteiger partial charge in [-0.05, 0) is 18.6 Å². The lowest BCUT2D eigenvalue weighted by atomic mass is 10.1. The van der Waals surface area contributed by atoms with Gasteiger partial charge in [-0.3, -0.25) is 9.00 Å². The summed E-state index contributed by atoms with van der Waals surface area (Å²) in [6.45, 7) is 2.01. The fourth-order valence-electron chi connectivity index (χ4n) is 1.27. The fourth-order valence-corrected chi connectivity index (χ4v) is 2.48. The zero-order valence-corrected chi connectivity index (χ0v) is 10.1. The molecule has 4 heteroatoms. The second kappa shape index (κ2) is 6.53. The van der Waals surface area contributed by atoms with Crippen molar-refractivity contribution < 1.29 is 13.4 Å². The topological polar surface area (TPSA) is 34.1 Å². The van der Waals surface area contributed by atoms with Crippen LogP contribution in [0.1, 0.15) is 30.1 Å². The Morgan fingerprint density at radius 1 is 1.44 bits per heavy atom. The predicted molar refractivity (Wildman–Crippen MR) is 63.5 cm³/mol. The zero-order valence-electron chi connectivity index (χ0n) is 9.24. The van der Waals surface area contributed by atoms with Crippen LogP contribution < -0.4 is 0 Å². The summed E-state index contributed by atoms with van der Waals surface area (Å²) in [6.07, 6.45) is 1.81. The molecule has 0 spiro atoms. The lowest BCUT2D eigenvalue weighted by molar-refractivity contribution is 0.102. The van der Waals surface area contributed by atoms with Crippen molar-refractivity contribution in [2.24, 2.45) is 0 Å². The standard InChI is InChI=1S/C12H15FO2S/c1-2-3-7-16(15)9-12(14)10-5-4-6-11(13)8-10/h4-6,8H,2-3,7,9H2,1H3. The number of halogens is 1. The van der Waals surface area contributed by atoms with Crippen LogP contribution >= 0.6 is 0 Å². The summed E-state index contributed by atoms with van der Waals surface area (Å²) in [4.78, 5) is 11.6. The van der Waals surface area contributed by atoms with Crippen molar-refractivity contribution in [2.45, 2.75) is 19.8 Å². The van der Waals surface area contributed by atoms with Gasteiger partial charge in [0, 0.05) is 22.1 Å². The molecule has 1 rings (SSSR count). The maximum Gasteiger partial charge on any atom is 0.175 e. The average molecular weight is 242 g/mol. The third-order valence-electron chi connectivity index (χ3n) is 2.16. The molecule has 2 nitrogen and oxygen atoms in total. The number of rotatable bonds is 6. The van der Waals surface area contributed by atoms with Gasteiger partial charge in [0.2, 0.25) is 0 Å². The molecular weight excluding hydrogens is 227 g/mol.